The molecule has 0 aromatic rings. The number of ether oxygens (including phenoxy) is 1. The Morgan fingerprint density at radius 1 is 1.39 bits per heavy atom. The van der Waals surface area contributed by atoms with Crippen LogP contribution in [-0.2, 0) is 9.53 Å². The first-order valence-electron chi connectivity index (χ1n) is 8.89. The predicted octanol–water partition coefficient (Wildman–Crippen LogP) is 3.31. The molecule has 0 aromatic heterocycles. The van der Waals surface area contributed by atoms with E-state index in [1.165, 1.54) is 0 Å². The molecular formula is C17H34F2N2O2. The molecule has 1 amide bonds. The Balaban J connectivity index is 0.00000529. The molecule has 0 aromatic carbocycles. The van der Waals surface area contributed by atoms with Crippen molar-refractivity contribution in [2.75, 3.05) is 32.8 Å². The van der Waals surface area contributed by atoms with Crippen LogP contribution in [-0.4, -0.2) is 55.6 Å². The zero-order valence-corrected chi connectivity index (χ0v) is 14.7. The van der Waals surface area contributed by atoms with E-state index in [1.807, 2.05) is 18.7 Å². The highest BCUT2D eigenvalue weighted by Crippen LogP contribution is 2.28. The van der Waals surface area contributed by atoms with E-state index < -0.39 is 12.0 Å². The van der Waals surface area contributed by atoms with Crippen LogP contribution in [0, 0.1) is 5.92 Å². The van der Waals surface area contributed by atoms with Crippen molar-refractivity contribution in [2.45, 2.75) is 64.8 Å². The summed E-state index contributed by atoms with van der Waals surface area (Å²) in [6, 6.07) is -1.03. The van der Waals surface area contributed by atoms with Gasteiger partial charge in [0.2, 0.25) is 5.91 Å². The summed E-state index contributed by atoms with van der Waals surface area (Å²) in [4.78, 5) is 13.7. The van der Waals surface area contributed by atoms with Gasteiger partial charge in [0.25, 0.3) is 5.92 Å². The van der Waals surface area contributed by atoms with Gasteiger partial charge >= 0.3 is 0 Å². The van der Waals surface area contributed by atoms with Gasteiger partial charge in [-0.2, -0.15) is 0 Å². The number of carbonyl (C=O) groups is 1. The van der Waals surface area contributed by atoms with Crippen LogP contribution < -0.4 is 5.32 Å². The van der Waals surface area contributed by atoms with Crippen molar-refractivity contribution in [1.29, 1.82) is 0 Å². The number of amides is 1. The SMILES string of the molecule is CCOCCCCCN1CCC(NC(=O)C(C)CC)C(F)(F)C1.[HH]. The minimum atomic E-state index is -2.85. The second-order valence-electron chi connectivity index (χ2n) is 6.45. The molecule has 0 saturated carbocycles. The number of nitrogens with zero attached hydrogens (tertiary/aromatic N) is 1. The van der Waals surface area contributed by atoms with Gasteiger partial charge in [-0.25, -0.2) is 8.78 Å². The Morgan fingerprint density at radius 3 is 2.74 bits per heavy atom. The molecule has 138 valence electrons. The van der Waals surface area contributed by atoms with Gasteiger partial charge in [-0.1, -0.05) is 13.8 Å². The second kappa shape index (κ2) is 10.2. The van der Waals surface area contributed by atoms with Crippen molar-refractivity contribution < 1.29 is 19.7 Å². The minimum Gasteiger partial charge on any atom is -0.382 e. The summed E-state index contributed by atoms with van der Waals surface area (Å²) in [5.74, 6) is -3.33. The van der Waals surface area contributed by atoms with Crippen molar-refractivity contribution >= 4 is 5.91 Å². The van der Waals surface area contributed by atoms with E-state index in [1.54, 1.807) is 6.92 Å². The molecule has 0 aliphatic carbocycles. The van der Waals surface area contributed by atoms with Crippen molar-refractivity contribution in [3.05, 3.63) is 0 Å². The van der Waals surface area contributed by atoms with Gasteiger partial charge in [0, 0.05) is 27.1 Å². The largest absolute Gasteiger partial charge is 0.382 e. The van der Waals surface area contributed by atoms with Crippen LogP contribution in [0.5, 0.6) is 0 Å². The summed E-state index contributed by atoms with van der Waals surface area (Å²) in [6.07, 6.45) is 3.86. The summed E-state index contributed by atoms with van der Waals surface area (Å²) in [5.41, 5.74) is 0. The Bertz CT molecular complexity index is 359. The monoisotopic (exact) mass is 336 g/mol. The molecule has 1 fully saturated rings. The van der Waals surface area contributed by atoms with Crippen LogP contribution in [0.1, 0.15) is 54.3 Å². The third-order valence-electron chi connectivity index (χ3n) is 4.52. The third-order valence-corrected chi connectivity index (χ3v) is 4.52. The Kier molecular flexibility index (Phi) is 8.99. The molecule has 6 heteroatoms. The summed E-state index contributed by atoms with van der Waals surface area (Å²) < 4.78 is 33.8. The normalized spacial score (nSPS) is 22.7. The minimum absolute atomic E-state index is 0. The molecule has 0 bridgehead atoms. The first kappa shape index (κ1) is 20.3. The molecule has 1 aliphatic heterocycles. The van der Waals surface area contributed by atoms with Crippen molar-refractivity contribution in [3.63, 3.8) is 0 Å². The van der Waals surface area contributed by atoms with Gasteiger partial charge in [-0.15, -0.1) is 0 Å². The average molecular weight is 336 g/mol. The van der Waals surface area contributed by atoms with Gasteiger partial charge in [-0.3, -0.25) is 9.69 Å². The molecule has 1 aliphatic rings. The van der Waals surface area contributed by atoms with Gasteiger partial charge < -0.3 is 10.1 Å². The topological polar surface area (TPSA) is 41.6 Å². The zero-order chi connectivity index (χ0) is 17.3. The van der Waals surface area contributed by atoms with Crippen LogP contribution in [0.4, 0.5) is 8.78 Å². The number of halogens is 2. The van der Waals surface area contributed by atoms with Crippen molar-refractivity contribution in [2.24, 2.45) is 5.92 Å². The first-order chi connectivity index (χ1) is 10.9. The molecule has 2 atom stereocenters. The summed E-state index contributed by atoms with van der Waals surface area (Å²) in [7, 11) is 0. The van der Waals surface area contributed by atoms with E-state index in [9.17, 15) is 13.6 Å². The highest BCUT2D eigenvalue weighted by molar-refractivity contribution is 5.78. The fraction of sp³-hybridized carbons (Fsp3) is 0.941. The average Bonchev–Trinajstić information content (AvgIpc) is 2.51. The van der Waals surface area contributed by atoms with Crippen LogP contribution in [0.3, 0.4) is 0 Å². The van der Waals surface area contributed by atoms with Gasteiger partial charge in [-0.05, 0) is 45.6 Å². The molecule has 1 rings (SSSR count). The third kappa shape index (κ3) is 7.12. The highest BCUT2D eigenvalue weighted by atomic mass is 19.3. The van der Waals surface area contributed by atoms with E-state index in [2.05, 4.69) is 5.32 Å². The number of hydrogen-bond acceptors (Lipinski definition) is 3. The maximum atomic E-state index is 14.2. The quantitative estimate of drug-likeness (QED) is 0.622. The Hall–Kier alpha value is -0.750. The number of piperidine rings is 1. The van der Waals surface area contributed by atoms with Gasteiger partial charge in [0.1, 0.15) is 0 Å². The van der Waals surface area contributed by atoms with Crippen molar-refractivity contribution in [1.82, 2.24) is 10.2 Å². The maximum absolute atomic E-state index is 14.2. The number of nitrogens with one attached hydrogen (secondary N) is 1. The van der Waals surface area contributed by atoms with E-state index in [0.29, 0.717) is 25.9 Å². The van der Waals surface area contributed by atoms with Gasteiger partial charge in [0.15, 0.2) is 0 Å². The van der Waals surface area contributed by atoms with Crippen LogP contribution in [0.15, 0.2) is 0 Å². The number of likely N-dealkylation sites (tertiary alicyclic amines) is 1. The van der Waals surface area contributed by atoms with Crippen LogP contribution in [0.25, 0.3) is 0 Å². The van der Waals surface area contributed by atoms with E-state index in [0.717, 1.165) is 32.5 Å². The number of unbranched alkanes of at least 4 members (excludes halogenated alkanes) is 2. The fourth-order valence-corrected chi connectivity index (χ4v) is 2.74. The lowest BCUT2D eigenvalue weighted by atomic mass is 9.98. The molecule has 4 nitrogen and oxygen atoms in total. The first-order valence-corrected chi connectivity index (χ1v) is 8.89. The molecule has 0 radical (unpaired) electrons. The lowest BCUT2D eigenvalue weighted by molar-refractivity contribution is -0.134. The lowest BCUT2D eigenvalue weighted by Crippen LogP contribution is -2.58. The molecule has 1 N–H and O–H groups in total. The van der Waals surface area contributed by atoms with Crippen LogP contribution in [0.2, 0.25) is 0 Å². The number of rotatable bonds is 10. The fourth-order valence-electron chi connectivity index (χ4n) is 2.74. The lowest BCUT2D eigenvalue weighted by Gasteiger charge is -2.39. The summed E-state index contributed by atoms with van der Waals surface area (Å²) in [6.45, 7) is 8.14. The molecule has 0 spiro atoms. The van der Waals surface area contributed by atoms with E-state index in [-0.39, 0.29) is 19.8 Å². The molecule has 1 heterocycles. The molecule has 23 heavy (non-hydrogen) atoms. The maximum Gasteiger partial charge on any atom is 0.280 e. The predicted molar refractivity (Wildman–Crippen MR) is 89.8 cm³/mol. The van der Waals surface area contributed by atoms with Crippen molar-refractivity contribution in [3.8, 4) is 0 Å². The molecule has 2 unspecified atom stereocenters. The number of carbonyl (C=O) groups excluding carboxylic acids is 1. The smallest absolute Gasteiger partial charge is 0.280 e. The Morgan fingerprint density at radius 2 is 2.13 bits per heavy atom. The van der Waals surface area contributed by atoms with Crippen LogP contribution >= 0.6 is 0 Å². The highest BCUT2D eigenvalue weighted by Gasteiger charge is 2.45. The molecular weight excluding hydrogens is 302 g/mol. The second-order valence-corrected chi connectivity index (χ2v) is 6.45. The Labute approximate surface area is 140 Å². The van der Waals surface area contributed by atoms with Gasteiger partial charge in [0.05, 0.1) is 12.6 Å². The summed E-state index contributed by atoms with van der Waals surface area (Å²) in [5, 5.41) is 2.54. The number of hydrogen-bond donors (Lipinski definition) is 1. The molecule has 1 saturated heterocycles. The summed E-state index contributed by atoms with van der Waals surface area (Å²) >= 11 is 0. The number of alkyl halides is 2. The van der Waals surface area contributed by atoms with E-state index >= 15 is 0 Å². The van der Waals surface area contributed by atoms with E-state index in [4.69, 9.17) is 4.74 Å². The zero-order valence-electron chi connectivity index (χ0n) is 14.7. The standard InChI is InChI=1S/C17H32F2N2O2.H2/c1-4-14(3)16(22)20-15-9-11-21(13-17(15,18)19)10-7-6-8-12-23-5-2;/h14-15H,4-13H2,1-3H3,(H,20,22);1H.